The molecule has 1 rings (SSSR count). The number of hydrogen-bond acceptors (Lipinski definition) is 4. The van der Waals surface area contributed by atoms with Crippen LogP contribution >= 0.6 is 0 Å². The van der Waals surface area contributed by atoms with Gasteiger partial charge in [-0.1, -0.05) is 5.92 Å². The van der Waals surface area contributed by atoms with E-state index in [9.17, 15) is 0 Å². The Morgan fingerprint density at radius 3 is 2.75 bits per heavy atom. The highest BCUT2D eigenvalue weighted by molar-refractivity contribution is 5.43. The first-order valence-electron chi connectivity index (χ1n) is 5.21. The van der Waals surface area contributed by atoms with E-state index in [1.54, 1.807) is 6.07 Å². The Balaban J connectivity index is 2.93. The summed E-state index contributed by atoms with van der Waals surface area (Å²) in [6, 6.07) is 1.75. The molecule has 86 valence electrons. The largest absolute Gasteiger partial charge is 0.478 e. The van der Waals surface area contributed by atoms with Crippen molar-refractivity contribution in [2.24, 2.45) is 0 Å². The summed E-state index contributed by atoms with van der Waals surface area (Å²) in [4.78, 5) is 8.41. The van der Waals surface area contributed by atoms with Gasteiger partial charge in [0.2, 0.25) is 5.88 Å². The van der Waals surface area contributed by atoms with Gasteiger partial charge < -0.3 is 10.1 Å². The molecule has 0 saturated heterocycles. The van der Waals surface area contributed by atoms with E-state index in [-0.39, 0.29) is 0 Å². The number of nitrogens with zero attached hydrogens (tertiary/aromatic N) is 2. The predicted molar refractivity (Wildman–Crippen MR) is 64.5 cm³/mol. The summed E-state index contributed by atoms with van der Waals surface area (Å²) in [7, 11) is 0. The second-order valence-electron chi connectivity index (χ2n) is 3.97. The molecule has 0 atom stereocenters. The van der Waals surface area contributed by atoms with Crippen LogP contribution in [0.4, 0.5) is 5.82 Å². The number of hydrogen-bond donors (Lipinski definition) is 1. The van der Waals surface area contributed by atoms with Gasteiger partial charge in [-0.25, -0.2) is 4.98 Å². The standard InChI is InChI=1S/C12H17N3O/c1-6-12(4,5)15-10-8-11(16-7-2)14-9(3)13-10/h1,8H,7H2,2-5H3,(H,13,14,15). The van der Waals surface area contributed by atoms with Gasteiger partial charge in [-0.15, -0.1) is 6.42 Å². The van der Waals surface area contributed by atoms with Gasteiger partial charge in [0, 0.05) is 6.07 Å². The highest BCUT2D eigenvalue weighted by Gasteiger charge is 2.14. The fourth-order valence-electron chi connectivity index (χ4n) is 1.18. The van der Waals surface area contributed by atoms with Crippen molar-refractivity contribution in [1.29, 1.82) is 0 Å². The number of terminal acetylenes is 1. The zero-order valence-corrected chi connectivity index (χ0v) is 10.2. The van der Waals surface area contributed by atoms with E-state index >= 15 is 0 Å². The van der Waals surface area contributed by atoms with Crippen LogP contribution in [0.25, 0.3) is 0 Å². The molecule has 0 spiro atoms. The monoisotopic (exact) mass is 219 g/mol. The Morgan fingerprint density at radius 1 is 1.50 bits per heavy atom. The van der Waals surface area contributed by atoms with Crippen LogP contribution in [0.5, 0.6) is 5.88 Å². The summed E-state index contributed by atoms with van der Waals surface area (Å²) >= 11 is 0. The minimum atomic E-state index is -0.440. The van der Waals surface area contributed by atoms with Crippen LogP contribution in [-0.2, 0) is 0 Å². The van der Waals surface area contributed by atoms with Gasteiger partial charge in [0.05, 0.1) is 12.1 Å². The number of nitrogens with one attached hydrogen (secondary N) is 1. The molecule has 0 aliphatic carbocycles. The first kappa shape index (κ1) is 12.3. The second kappa shape index (κ2) is 4.84. The molecule has 0 aromatic carbocycles. The molecule has 1 aromatic heterocycles. The maximum Gasteiger partial charge on any atom is 0.218 e. The molecule has 0 aliphatic rings. The normalized spacial score (nSPS) is 10.7. The Kier molecular flexibility index (Phi) is 3.73. The summed E-state index contributed by atoms with van der Waals surface area (Å²) in [5.74, 6) is 4.54. The van der Waals surface area contributed by atoms with E-state index in [0.717, 1.165) is 0 Å². The first-order chi connectivity index (χ1) is 7.46. The van der Waals surface area contributed by atoms with E-state index in [4.69, 9.17) is 11.2 Å². The van der Waals surface area contributed by atoms with Crippen molar-refractivity contribution in [2.75, 3.05) is 11.9 Å². The van der Waals surface area contributed by atoms with E-state index in [2.05, 4.69) is 21.2 Å². The fraction of sp³-hybridized carbons (Fsp3) is 0.500. The highest BCUT2D eigenvalue weighted by Crippen LogP contribution is 2.17. The molecule has 4 heteroatoms. The van der Waals surface area contributed by atoms with Crippen molar-refractivity contribution in [3.05, 3.63) is 11.9 Å². The molecule has 0 amide bonds. The van der Waals surface area contributed by atoms with Crippen molar-refractivity contribution in [3.63, 3.8) is 0 Å². The minimum absolute atomic E-state index is 0.440. The van der Waals surface area contributed by atoms with Crippen molar-refractivity contribution in [2.45, 2.75) is 33.2 Å². The van der Waals surface area contributed by atoms with Gasteiger partial charge in [-0.3, -0.25) is 0 Å². The molecular formula is C12H17N3O. The van der Waals surface area contributed by atoms with Crippen LogP contribution in [0.1, 0.15) is 26.6 Å². The van der Waals surface area contributed by atoms with Crippen molar-refractivity contribution >= 4 is 5.82 Å². The molecule has 4 nitrogen and oxygen atoms in total. The number of ether oxygens (including phenoxy) is 1. The summed E-state index contributed by atoms with van der Waals surface area (Å²) in [5.41, 5.74) is -0.440. The molecule has 0 saturated carbocycles. The second-order valence-corrected chi connectivity index (χ2v) is 3.97. The molecule has 1 aromatic rings. The van der Waals surface area contributed by atoms with E-state index in [0.29, 0.717) is 24.1 Å². The van der Waals surface area contributed by atoms with Crippen LogP contribution in [0, 0.1) is 19.3 Å². The predicted octanol–water partition coefficient (Wildman–Crippen LogP) is 2.01. The van der Waals surface area contributed by atoms with Crippen LogP contribution in [-0.4, -0.2) is 22.1 Å². The molecule has 1 heterocycles. The van der Waals surface area contributed by atoms with Crippen LogP contribution in [0.2, 0.25) is 0 Å². The molecular weight excluding hydrogens is 202 g/mol. The maximum atomic E-state index is 5.40. The number of aromatic nitrogens is 2. The average Bonchev–Trinajstić information content (AvgIpc) is 2.16. The molecule has 0 bridgehead atoms. The molecule has 0 unspecified atom stereocenters. The van der Waals surface area contributed by atoms with E-state index in [1.165, 1.54) is 0 Å². The van der Waals surface area contributed by atoms with Crippen LogP contribution in [0.3, 0.4) is 0 Å². The number of rotatable bonds is 4. The topological polar surface area (TPSA) is 47.0 Å². The SMILES string of the molecule is C#CC(C)(C)Nc1cc(OCC)nc(C)n1. The van der Waals surface area contributed by atoms with Crippen LogP contribution < -0.4 is 10.1 Å². The zero-order valence-electron chi connectivity index (χ0n) is 10.2. The van der Waals surface area contributed by atoms with Crippen molar-refractivity contribution < 1.29 is 4.74 Å². The molecule has 16 heavy (non-hydrogen) atoms. The smallest absolute Gasteiger partial charge is 0.218 e. The number of anilines is 1. The van der Waals surface area contributed by atoms with Crippen molar-refractivity contribution in [3.8, 4) is 18.2 Å². The lowest BCUT2D eigenvalue weighted by molar-refractivity contribution is 0.325. The van der Waals surface area contributed by atoms with Gasteiger partial charge in [0.25, 0.3) is 0 Å². The third-order valence-electron chi connectivity index (χ3n) is 1.91. The van der Waals surface area contributed by atoms with E-state index < -0.39 is 5.54 Å². The molecule has 0 radical (unpaired) electrons. The Morgan fingerprint density at radius 2 is 2.19 bits per heavy atom. The quantitative estimate of drug-likeness (QED) is 0.787. The molecule has 0 aliphatic heterocycles. The zero-order chi connectivity index (χ0) is 12.2. The highest BCUT2D eigenvalue weighted by atomic mass is 16.5. The Hall–Kier alpha value is -1.76. The van der Waals surface area contributed by atoms with E-state index in [1.807, 2.05) is 27.7 Å². The third kappa shape index (κ3) is 3.43. The van der Waals surface area contributed by atoms with Crippen molar-refractivity contribution in [1.82, 2.24) is 9.97 Å². The first-order valence-corrected chi connectivity index (χ1v) is 5.21. The summed E-state index contributed by atoms with van der Waals surface area (Å²) in [5, 5.41) is 3.14. The lowest BCUT2D eigenvalue weighted by Crippen LogP contribution is -2.29. The number of aryl methyl sites for hydroxylation is 1. The molecule has 1 N–H and O–H groups in total. The molecule has 0 fully saturated rings. The summed E-state index contributed by atoms with van der Waals surface area (Å²) < 4.78 is 5.33. The average molecular weight is 219 g/mol. The maximum absolute atomic E-state index is 5.40. The lowest BCUT2D eigenvalue weighted by Gasteiger charge is -2.20. The summed E-state index contributed by atoms with van der Waals surface area (Å²) in [6.07, 6.45) is 5.40. The lowest BCUT2D eigenvalue weighted by atomic mass is 10.1. The van der Waals surface area contributed by atoms with Gasteiger partial charge in [-0.2, -0.15) is 4.98 Å². The van der Waals surface area contributed by atoms with Gasteiger partial charge in [0.15, 0.2) is 0 Å². The van der Waals surface area contributed by atoms with Gasteiger partial charge in [-0.05, 0) is 27.7 Å². The summed E-state index contributed by atoms with van der Waals surface area (Å²) in [6.45, 7) is 8.12. The van der Waals surface area contributed by atoms with Crippen LogP contribution in [0.15, 0.2) is 6.07 Å². The van der Waals surface area contributed by atoms with Gasteiger partial charge >= 0.3 is 0 Å². The Labute approximate surface area is 96.5 Å². The third-order valence-corrected chi connectivity index (χ3v) is 1.91. The minimum Gasteiger partial charge on any atom is -0.478 e. The Bertz CT molecular complexity index is 407. The fourth-order valence-corrected chi connectivity index (χ4v) is 1.18. The van der Waals surface area contributed by atoms with Gasteiger partial charge in [0.1, 0.15) is 11.6 Å².